The van der Waals surface area contributed by atoms with Crippen molar-refractivity contribution >= 4 is 0 Å². The highest BCUT2D eigenvalue weighted by atomic mass is 16.5. The predicted molar refractivity (Wildman–Crippen MR) is 76.3 cm³/mol. The number of aromatic nitrogens is 5. The van der Waals surface area contributed by atoms with E-state index in [9.17, 15) is 0 Å². The molecule has 0 fully saturated rings. The third-order valence-electron chi connectivity index (χ3n) is 3.92. The van der Waals surface area contributed by atoms with E-state index in [2.05, 4.69) is 32.2 Å². The van der Waals surface area contributed by atoms with Gasteiger partial charge in [0.2, 0.25) is 5.82 Å². The van der Waals surface area contributed by atoms with Crippen LogP contribution in [0, 0.1) is 5.92 Å². The van der Waals surface area contributed by atoms with E-state index >= 15 is 0 Å². The molecule has 1 atom stereocenters. The number of aromatic amines is 1. The van der Waals surface area contributed by atoms with Crippen LogP contribution in [-0.4, -0.2) is 25.3 Å². The van der Waals surface area contributed by atoms with Gasteiger partial charge in [-0.05, 0) is 37.3 Å². The summed E-state index contributed by atoms with van der Waals surface area (Å²) in [6.45, 7) is 2.26. The maximum atomic E-state index is 5.38. The first-order chi connectivity index (χ1) is 10.3. The largest absolute Gasteiger partial charge is 0.332 e. The molecule has 0 saturated heterocycles. The van der Waals surface area contributed by atoms with Crippen molar-refractivity contribution in [2.24, 2.45) is 5.92 Å². The summed E-state index contributed by atoms with van der Waals surface area (Å²) >= 11 is 0. The van der Waals surface area contributed by atoms with Crippen LogP contribution in [0.2, 0.25) is 0 Å². The minimum Gasteiger partial charge on any atom is -0.332 e. The highest BCUT2D eigenvalue weighted by molar-refractivity contribution is 5.58. The second kappa shape index (κ2) is 4.80. The lowest BCUT2D eigenvalue weighted by Crippen LogP contribution is -2.10. The average molecular weight is 281 g/mol. The van der Waals surface area contributed by atoms with E-state index in [0.717, 1.165) is 18.5 Å². The number of aryl methyl sites for hydroxylation is 1. The Morgan fingerprint density at radius 2 is 2.29 bits per heavy atom. The van der Waals surface area contributed by atoms with Crippen molar-refractivity contribution in [2.75, 3.05) is 0 Å². The van der Waals surface area contributed by atoms with Crippen molar-refractivity contribution in [3.8, 4) is 23.1 Å². The number of nitrogens with one attached hydrogen (secondary N) is 1. The lowest BCUT2D eigenvalue weighted by molar-refractivity contribution is 0.429. The van der Waals surface area contributed by atoms with Crippen LogP contribution in [0.15, 0.2) is 28.9 Å². The van der Waals surface area contributed by atoms with E-state index in [1.807, 2.05) is 18.2 Å². The molecule has 0 bridgehead atoms. The van der Waals surface area contributed by atoms with Crippen molar-refractivity contribution in [1.82, 2.24) is 25.3 Å². The Morgan fingerprint density at radius 3 is 3.14 bits per heavy atom. The van der Waals surface area contributed by atoms with Crippen LogP contribution in [0.5, 0.6) is 0 Å². The van der Waals surface area contributed by atoms with Crippen molar-refractivity contribution in [1.29, 1.82) is 0 Å². The summed E-state index contributed by atoms with van der Waals surface area (Å²) in [7, 11) is 0. The quantitative estimate of drug-likeness (QED) is 0.781. The fourth-order valence-corrected chi connectivity index (χ4v) is 2.76. The molecule has 0 saturated carbocycles. The SMILES string of the molecule is C[C@@H]1CCc2[nH]nc(-c3nc(-c4ccccn4)no3)c2C1. The highest BCUT2D eigenvalue weighted by Gasteiger charge is 2.25. The van der Waals surface area contributed by atoms with Crippen LogP contribution in [0.4, 0.5) is 0 Å². The lowest BCUT2D eigenvalue weighted by Gasteiger charge is -2.17. The third-order valence-corrected chi connectivity index (χ3v) is 3.92. The van der Waals surface area contributed by atoms with Gasteiger partial charge in [-0.2, -0.15) is 10.1 Å². The maximum absolute atomic E-state index is 5.38. The standard InChI is InChI=1S/C15H15N5O/c1-9-5-6-11-10(8-9)13(19-18-11)15-17-14(20-21-15)12-4-2-3-7-16-12/h2-4,7,9H,5-6,8H2,1H3,(H,18,19)/t9-/m1/s1. The van der Waals surface area contributed by atoms with Gasteiger partial charge in [0.25, 0.3) is 5.89 Å². The predicted octanol–water partition coefficient (Wildman–Crippen LogP) is 2.65. The molecule has 0 amide bonds. The second-order valence-electron chi connectivity index (χ2n) is 5.52. The van der Waals surface area contributed by atoms with Crippen molar-refractivity contribution in [3.63, 3.8) is 0 Å². The molecule has 6 heteroatoms. The van der Waals surface area contributed by atoms with E-state index in [0.29, 0.717) is 23.3 Å². The molecule has 1 aliphatic rings. The molecule has 0 spiro atoms. The zero-order valence-corrected chi connectivity index (χ0v) is 11.7. The fourth-order valence-electron chi connectivity index (χ4n) is 2.76. The molecule has 21 heavy (non-hydrogen) atoms. The molecule has 4 rings (SSSR count). The minimum absolute atomic E-state index is 0.460. The number of hydrogen-bond donors (Lipinski definition) is 1. The molecular weight excluding hydrogens is 266 g/mol. The first kappa shape index (κ1) is 12.3. The van der Waals surface area contributed by atoms with E-state index < -0.39 is 0 Å². The number of rotatable bonds is 2. The number of pyridine rings is 1. The van der Waals surface area contributed by atoms with Gasteiger partial charge in [-0.15, -0.1) is 0 Å². The zero-order chi connectivity index (χ0) is 14.2. The fraction of sp³-hybridized carbons (Fsp3) is 0.333. The topological polar surface area (TPSA) is 80.5 Å². The Balaban J connectivity index is 1.72. The van der Waals surface area contributed by atoms with Crippen LogP contribution in [0.25, 0.3) is 23.1 Å². The molecule has 0 aromatic carbocycles. The van der Waals surface area contributed by atoms with Gasteiger partial charge in [0.05, 0.1) is 0 Å². The van der Waals surface area contributed by atoms with Crippen LogP contribution >= 0.6 is 0 Å². The summed E-state index contributed by atoms with van der Waals surface area (Å²) in [5.41, 5.74) is 3.89. The van der Waals surface area contributed by atoms with Crippen molar-refractivity contribution in [3.05, 3.63) is 35.7 Å². The number of hydrogen-bond acceptors (Lipinski definition) is 5. The van der Waals surface area contributed by atoms with Crippen LogP contribution in [-0.2, 0) is 12.8 Å². The van der Waals surface area contributed by atoms with E-state index in [1.54, 1.807) is 6.20 Å². The highest BCUT2D eigenvalue weighted by Crippen LogP contribution is 2.31. The zero-order valence-electron chi connectivity index (χ0n) is 11.7. The Kier molecular flexibility index (Phi) is 2.80. The van der Waals surface area contributed by atoms with E-state index in [4.69, 9.17) is 4.52 Å². The molecule has 3 aromatic heterocycles. The normalized spacial score (nSPS) is 17.7. The molecule has 1 N–H and O–H groups in total. The molecule has 1 aliphatic carbocycles. The number of H-pyrrole nitrogens is 1. The number of nitrogens with zero attached hydrogens (tertiary/aromatic N) is 4. The average Bonchev–Trinajstić information content (AvgIpc) is 3.14. The summed E-state index contributed by atoms with van der Waals surface area (Å²) in [5, 5.41) is 11.5. The molecule has 6 nitrogen and oxygen atoms in total. The van der Waals surface area contributed by atoms with Gasteiger partial charge in [0.15, 0.2) is 5.69 Å². The van der Waals surface area contributed by atoms with Crippen molar-refractivity contribution in [2.45, 2.75) is 26.2 Å². The van der Waals surface area contributed by atoms with E-state index in [1.165, 1.54) is 17.7 Å². The van der Waals surface area contributed by atoms with Gasteiger partial charge >= 0.3 is 0 Å². The van der Waals surface area contributed by atoms with Gasteiger partial charge in [-0.3, -0.25) is 10.1 Å². The molecular formula is C15H15N5O. The smallest absolute Gasteiger partial charge is 0.279 e. The molecule has 106 valence electrons. The second-order valence-corrected chi connectivity index (χ2v) is 5.52. The monoisotopic (exact) mass is 281 g/mol. The van der Waals surface area contributed by atoms with Gasteiger partial charge < -0.3 is 4.52 Å². The Labute approximate surface area is 121 Å². The van der Waals surface area contributed by atoms with Gasteiger partial charge in [0.1, 0.15) is 5.69 Å². The molecule has 0 unspecified atom stereocenters. The molecule has 3 heterocycles. The Hall–Kier alpha value is -2.50. The summed E-state index contributed by atoms with van der Waals surface area (Å²) in [6.07, 6.45) is 4.94. The first-order valence-corrected chi connectivity index (χ1v) is 7.13. The molecule has 3 aromatic rings. The van der Waals surface area contributed by atoms with Crippen LogP contribution in [0.1, 0.15) is 24.6 Å². The van der Waals surface area contributed by atoms with Crippen LogP contribution in [0.3, 0.4) is 0 Å². The summed E-state index contributed by atoms with van der Waals surface area (Å²) < 4.78 is 5.38. The summed E-state index contributed by atoms with van der Waals surface area (Å²) in [6, 6.07) is 5.61. The number of fused-ring (bicyclic) bond motifs is 1. The van der Waals surface area contributed by atoms with E-state index in [-0.39, 0.29) is 0 Å². The molecule has 0 radical (unpaired) electrons. The lowest BCUT2D eigenvalue weighted by atomic mass is 9.88. The maximum Gasteiger partial charge on any atom is 0.279 e. The van der Waals surface area contributed by atoms with Gasteiger partial charge in [0, 0.05) is 17.5 Å². The first-order valence-electron chi connectivity index (χ1n) is 7.13. The molecule has 0 aliphatic heterocycles. The summed E-state index contributed by atoms with van der Waals surface area (Å²) in [5.74, 6) is 1.61. The Morgan fingerprint density at radius 1 is 1.33 bits per heavy atom. The van der Waals surface area contributed by atoms with Gasteiger partial charge in [-0.1, -0.05) is 18.1 Å². The van der Waals surface area contributed by atoms with Crippen LogP contribution < -0.4 is 0 Å². The summed E-state index contributed by atoms with van der Waals surface area (Å²) in [4.78, 5) is 8.66. The van der Waals surface area contributed by atoms with Crippen molar-refractivity contribution < 1.29 is 4.52 Å². The Bertz CT molecular complexity index is 761. The van der Waals surface area contributed by atoms with Gasteiger partial charge in [-0.25, -0.2) is 0 Å². The minimum atomic E-state index is 0.460. The third kappa shape index (κ3) is 2.12.